The Bertz CT molecular complexity index is 981. The lowest BCUT2D eigenvalue weighted by Crippen LogP contribution is -2.55. The van der Waals surface area contributed by atoms with E-state index >= 15 is 0 Å². The minimum atomic E-state index is -1.08. The summed E-state index contributed by atoms with van der Waals surface area (Å²) in [5.74, 6) is -2.79. The fraction of sp³-hybridized carbons (Fsp3) is 0.833. The first-order valence-electron chi connectivity index (χ1n) is 18.1. The van der Waals surface area contributed by atoms with Crippen molar-refractivity contribution >= 4 is 35.6 Å². The molecule has 0 saturated heterocycles. The number of amides is 4. The van der Waals surface area contributed by atoms with Crippen LogP contribution in [0.3, 0.4) is 0 Å². The van der Waals surface area contributed by atoms with E-state index in [1.165, 1.54) is 0 Å². The minimum absolute atomic E-state index is 0.124. The molecule has 0 aliphatic carbocycles. The second-order valence-electron chi connectivity index (χ2n) is 15.9. The van der Waals surface area contributed by atoms with Crippen LogP contribution in [0.4, 0.5) is 0 Å². The first-order valence-corrected chi connectivity index (χ1v) is 18.1. The molecule has 292 valence electrons. The number of carbonyl (C=O) groups is 6. The van der Waals surface area contributed by atoms with E-state index in [9.17, 15) is 39.0 Å². The van der Waals surface area contributed by atoms with E-state index in [0.29, 0.717) is 38.5 Å². The summed E-state index contributed by atoms with van der Waals surface area (Å²) >= 11 is 0. The van der Waals surface area contributed by atoms with E-state index in [4.69, 9.17) is 11.5 Å². The number of nitrogens with two attached hydrogens (primary N) is 2. The molecule has 14 nitrogen and oxygen atoms in total. The van der Waals surface area contributed by atoms with Crippen LogP contribution >= 0.6 is 0 Å². The lowest BCUT2D eigenvalue weighted by Gasteiger charge is -2.25. The van der Waals surface area contributed by atoms with Gasteiger partial charge in [-0.1, -0.05) is 83.1 Å². The SMILES string of the molecule is CC(C)C[C@@H](N)C(=O)N[C@H](CC(C)C)C(=O)N[C@@H](CC(C)C)C(=O)O.CC(C)C[C@H](NC(=O)[C@@H](N)CC(C)C)C(=O)N[C@H](CC(C)C)C(=O)O. The third-order valence-electron chi connectivity index (χ3n) is 7.45. The van der Waals surface area contributed by atoms with E-state index in [1.807, 2.05) is 83.1 Å². The van der Waals surface area contributed by atoms with Crippen molar-refractivity contribution in [3.8, 4) is 0 Å². The average molecular weight is 715 g/mol. The van der Waals surface area contributed by atoms with Crippen molar-refractivity contribution in [1.82, 2.24) is 21.3 Å². The number of nitrogens with one attached hydrogen (secondary N) is 4. The van der Waals surface area contributed by atoms with Crippen LogP contribution in [-0.4, -0.2) is 82.0 Å². The highest BCUT2D eigenvalue weighted by atomic mass is 16.4. The summed E-state index contributed by atoms with van der Waals surface area (Å²) < 4.78 is 0. The van der Waals surface area contributed by atoms with Crippen LogP contribution in [-0.2, 0) is 28.8 Å². The number of rotatable bonds is 22. The molecule has 0 rings (SSSR count). The fourth-order valence-corrected chi connectivity index (χ4v) is 5.12. The molecule has 0 spiro atoms. The molecule has 10 N–H and O–H groups in total. The Morgan fingerprint density at radius 3 is 0.780 bits per heavy atom. The number of aliphatic carboxylic acids is 2. The van der Waals surface area contributed by atoms with Gasteiger partial charge in [0.2, 0.25) is 23.6 Å². The Hall–Kier alpha value is -3.26. The molecule has 0 aromatic heterocycles. The Balaban J connectivity index is 0. The summed E-state index contributed by atoms with van der Waals surface area (Å²) in [6, 6.07) is -4.90. The van der Waals surface area contributed by atoms with Gasteiger partial charge >= 0.3 is 11.9 Å². The van der Waals surface area contributed by atoms with Gasteiger partial charge in [0.15, 0.2) is 0 Å². The van der Waals surface area contributed by atoms with Gasteiger partial charge in [0.25, 0.3) is 0 Å². The Morgan fingerprint density at radius 1 is 0.380 bits per heavy atom. The monoisotopic (exact) mass is 715 g/mol. The van der Waals surface area contributed by atoms with E-state index in [1.54, 1.807) is 0 Å². The van der Waals surface area contributed by atoms with E-state index in [2.05, 4.69) is 21.3 Å². The Morgan fingerprint density at radius 2 is 0.580 bits per heavy atom. The zero-order valence-electron chi connectivity index (χ0n) is 32.7. The van der Waals surface area contributed by atoms with E-state index in [-0.39, 0.29) is 47.3 Å². The average Bonchev–Trinajstić information content (AvgIpc) is 2.94. The van der Waals surface area contributed by atoms with Gasteiger partial charge in [-0.15, -0.1) is 0 Å². The van der Waals surface area contributed by atoms with Crippen molar-refractivity contribution in [1.29, 1.82) is 0 Å². The maximum Gasteiger partial charge on any atom is 0.326 e. The number of carboxylic acid groups (broad SMARTS) is 2. The lowest BCUT2D eigenvalue weighted by molar-refractivity contribution is -0.143. The molecule has 0 fully saturated rings. The summed E-state index contributed by atoms with van der Waals surface area (Å²) in [7, 11) is 0. The predicted molar refractivity (Wildman–Crippen MR) is 196 cm³/mol. The molecule has 0 aromatic rings. The second-order valence-corrected chi connectivity index (χ2v) is 15.9. The summed E-state index contributed by atoms with van der Waals surface area (Å²) in [4.78, 5) is 72.2. The third kappa shape index (κ3) is 23.2. The highest BCUT2D eigenvalue weighted by molar-refractivity contribution is 5.92. The van der Waals surface area contributed by atoms with Crippen molar-refractivity contribution in [3.63, 3.8) is 0 Å². The summed E-state index contributed by atoms with van der Waals surface area (Å²) in [6.07, 6.45) is 2.53. The van der Waals surface area contributed by atoms with Crippen molar-refractivity contribution in [2.75, 3.05) is 0 Å². The van der Waals surface area contributed by atoms with Gasteiger partial charge in [0.05, 0.1) is 12.1 Å². The summed E-state index contributed by atoms with van der Waals surface area (Å²) in [5, 5.41) is 29.0. The first kappa shape index (κ1) is 48.9. The number of carboxylic acids is 2. The normalized spacial score (nSPS) is 15.1. The number of carbonyl (C=O) groups excluding carboxylic acids is 4. The van der Waals surface area contributed by atoms with E-state index < -0.39 is 60.0 Å². The van der Waals surface area contributed by atoms with Crippen LogP contribution in [0.1, 0.15) is 122 Å². The molecule has 6 atom stereocenters. The molecule has 50 heavy (non-hydrogen) atoms. The van der Waals surface area contributed by atoms with Crippen LogP contribution in [0.5, 0.6) is 0 Å². The Labute approximate surface area is 300 Å². The quantitative estimate of drug-likeness (QED) is 0.0815. The maximum atomic E-state index is 12.5. The highest BCUT2D eigenvalue weighted by Crippen LogP contribution is 2.12. The topological polar surface area (TPSA) is 243 Å². The third-order valence-corrected chi connectivity index (χ3v) is 7.45. The molecule has 0 radical (unpaired) electrons. The van der Waals surface area contributed by atoms with Crippen LogP contribution in [0.2, 0.25) is 0 Å². The minimum Gasteiger partial charge on any atom is -0.480 e. The van der Waals surface area contributed by atoms with Crippen LogP contribution in [0, 0.1) is 35.5 Å². The highest BCUT2D eigenvalue weighted by Gasteiger charge is 2.30. The Kier molecular flexibility index (Phi) is 24.2. The summed E-state index contributed by atoms with van der Waals surface area (Å²) in [5.41, 5.74) is 11.7. The van der Waals surface area contributed by atoms with Gasteiger partial charge in [0, 0.05) is 0 Å². The molecule has 4 amide bonds. The lowest BCUT2D eigenvalue weighted by atomic mass is 9.99. The molecular formula is C36H70N6O8. The van der Waals surface area contributed by atoms with Crippen molar-refractivity contribution in [3.05, 3.63) is 0 Å². The molecule has 14 heteroatoms. The van der Waals surface area contributed by atoms with Crippen LogP contribution in [0.15, 0.2) is 0 Å². The van der Waals surface area contributed by atoms with Crippen molar-refractivity contribution in [2.24, 2.45) is 47.0 Å². The predicted octanol–water partition coefficient (Wildman–Crippen LogP) is 3.01. The van der Waals surface area contributed by atoms with Gasteiger partial charge in [0.1, 0.15) is 24.2 Å². The van der Waals surface area contributed by atoms with Crippen LogP contribution in [0.25, 0.3) is 0 Å². The molecule has 0 unspecified atom stereocenters. The standard InChI is InChI=1S/2C18H35N3O4/c2*1-10(2)7-13(19)16(22)20-14(8-11(3)4)17(23)21-15(18(24)25)9-12(5)6/h2*10-15H,7-9,19H2,1-6H3,(H,20,22)(H,21,23)(H,24,25)/t2*13-,14-,15+/m10/s1. The number of hydrogen-bond acceptors (Lipinski definition) is 8. The van der Waals surface area contributed by atoms with Crippen LogP contribution < -0.4 is 32.7 Å². The molecular weight excluding hydrogens is 644 g/mol. The van der Waals surface area contributed by atoms with Crippen molar-refractivity contribution < 1.29 is 39.0 Å². The second kappa shape index (κ2) is 24.8. The largest absolute Gasteiger partial charge is 0.480 e. The zero-order valence-corrected chi connectivity index (χ0v) is 32.7. The van der Waals surface area contributed by atoms with Gasteiger partial charge in [-0.05, 0) is 74.0 Å². The molecule has 0 bridgehead atoms. The number of hydrogen-bond donors (Lipinski definition) is 8. The van der Waals surface area contributed by atoms with E-state index in [0.717, 1.165) is 0 Å². The first-order chi connectivity index (χ1) is 22.9. The zero-order chi connectivity index (χ0) is 39.5. The molecule has 0 aliphatic rings. The molecule has 0 heterocycles. The fourth-order valence-electron chi connectivity index (χ4n) is 5.12. The molecule has 0 aliphatic heterocycles. The molecule has 0 aromatic carbocycles. The smallest absolute Gasteiger partial charge is 0.326 e. The maximum absolute atomic E-state index is 12.5. The molecule has 0 saturated carbocycles. The van der Waals surface area contributed by atoms with Gasteiger partial charge in [-0.2, -0.15) is 0 Å². The van der Waals surface area contributed by atoms with Gasteiger partial charge in [-0.25, -0.2) is 9.59 Å². The van der Waals surface area contributed by atoms with Gasteiger partial charge < -0.3 is 42.9 Å². The van der Waals surface area contributed by atoms with Gasteiger partial charge in [-0.3, -0.25) is 19.2 Å². The summed E-state index contributed by atoms with van der Waals surface area (Å²) in [6.45, 7) is 23.2. The van der Waals surface area contributed by atoms with Crippen molar-refractivity contribution in [2.45, 2.75) is 158 Å².